The molecule has 1 aliphatic carbocycles. The Hall–Kier alpha value is -2.69. The van der Waals surface area contributed by atoms with E-state index in [-0.39, 0.29) is 23.7 Å². The van der Waals surface area contributed by atoms with Gasteiger partial charge in [0.15, 0.2) is 0 Å². The minimum Gasteiger partial charge on any atom is -0.394 e. The van der Waals surface area contributed by atoms with Gasteiger partial charge in [-0.3, -0.25) is 0 Å². The molecule has 1 N–H and O–H groups in total. The van der Waals surface area contributed by atoms with Gasteiger partial charge >= 0.3 is 0 Å². The van der Waals surface area contributed by atoms with Gasteiger partial charge in [-0.05, 0) is 87.6 Å². The molecular weight excluding hydrogens is 563 g/mol. The maximum Gasteiger partial charge on any atom is 0.289 e. The van der Waals surface area contributed by atoms with Crippen LogP contribution in [0.5, 0.6) is 0 Å². The summed E-state index contributed by atoms with van der Waals surface area (Å²) in [5, 5.41) is 10.2. The Balaban J connectivity index is 1.18. The summed E-state index contributed by atoms with van der Waals surface area (Å²) in [7, 11) is -2.56. The zero-order chi connectivity index (χ0) is 29.7. The number of aromatic nitrogens is 2. The Morgan fingerprint density at radius 3 is 2.45 bits per heavy atom. The number of benzene rings is 2. The highest BCUT2D eigenvalue weighted by Gasteiger charge is 2.29. The Morgan fingerprint density at radius 2 is 1.83 bits per heavy atom. The first kappa shape index (κ1) is 30.8. The zero-order valence-corrected chi connectivity index (χ0v) is 26.8. The van der Waals surface area contributed by atoms with Crippen LogP contribution >= 0.6 is 0 Å². The zero-order valence-electron chi connectivity index (χ0n) is 25.0. The molecule has 3 aromatic rings. The maximum atomic E-state index is 12.3. The van der Waals surface area contributed by atoms with E-state index < -0.39 is 20.0 Å². The molecule has 2 aromatic carbocycles. The Labute approximate surface area is 254 Å². The third kappa shape index (κ3) is 7.63. The lowest BCUT2D eigenvalue weighted by Crippen LogP contribution is -2.43. The first-order chi connectivity index (χ1) is 20.2. The Kier molecular flexibility index (Phi) is 10.1. The van der Waals surface area contributed by atoms with Crippen LogP contribution in [0, 0.1) is 0 Å². The lowest BCUT2D eigenvalue weighted by Gasteiger charge is -2.29. The van der Waals surface area contributed by atoms with Crippen LogP contribution in [-0.2, 0) is 20.1 Å². The molecule has 0 amide bonds. The molecule has 7 nitrogen and oxygen atoms in total. The predicted octanol–water partition coefficient (Wildman–Crippen LogP) is 5.95. The largest absolute Gasteiger partial charge is 0.394 e. The fourth-order valence-corrected chi connectivity index (χ4v) is 7.38. The normalized spacial score (nSPS) is 21.0. The number of hydrogen-bond acceptors (Lipinski definition) is 5. The monoisotopic (exact) mass is 604 g/mol. The van der Waals surface area contributed by atoms with Gasteiger partial charge in [-0.15, -0.1) is 0 Å². The van der Waals surface area contributed by atoms with Gasteiger partial charge in [0, 0.05) is 24.7 Å². The maximum absolute atomic E-state index is 12.3. The van der Waals surface area contributed by atoms with Crippen LogP contribution in [0.2, 0.25) is 6.55 Å². The van der Waals surface area contributed by atoms with Crippen molar-refractivity contribution in [2.75, 3.05) is 13.2 Å². The first-order valence-corrected chi connectivity index (χ1v) is 17.9. The predicted molar refractivity (Wildman–Crippen MR) is 172 cm³/mol. The molecule has 0 bridgehead atoms. The quantitative estimate of drug-likeness (QED) is 0.289. The van der Waals surface area contributed by atoms with E-state index in [4.69, 9.17) is 9.16 Å². The topological polar surface area (TPSA) is 85.9 Å². The minimum absolute atomic E-state index is 0.0256. The standard InChI is InChI=1S/C33H42N3O4SSi/c1-33(2,3)41(38)35-29-21-28(22-29)27-15-13-26(14-16-27)25-11-8-24(9-12-25)10-17-30(23-37)36-19-18-34-32(36)42(4)40-31-7-5-6-20-39-31/h8-19,28,30-31,37H,5-7,20-23H2,1-4H3/b17-10+,35-29?/t28?,30-,31?,41?/m0/s1. The highest BCUT2D eigenvalue weighted by molar-refractivity contribution is 7.85. The van der Waals surface area contributed by atoms with E-state index in [2.05, 4.69) is 64.5 Å². The van der Waals surface area contributed by atoms with E-state index in [0.29, 0.717) is 5.92 Å². The molecule has 1 aromatic heterocycles. The van der Waals surface area contributed by atoms with Crippen molar-refractivity contribution in [3.63, 3.8) is 0 Å². The van der Waals surface area contributed by atoms with E-state index in [1.54, 1.807) is 6.20 Å². The summed E-state index contributed by atoms with van der Waals surface area (Å²) in [5.41, 5.74) is 6.64. The molecule has 2 unspecified atom stereocenters. The smallest absolute Gasteiger partial charge is 0.289 e. The molecule has 223 valence electrons. The minimum atomic E-state index is -1.38. The molecule has 1 saturated carbocycles. The summed E-state index contributed by atoms with van der Waals surface area (Å²) in [6, 6.07) is 17.0. The lowest BCUT2D eigenvalue weighted by molar-refractivity contribution is -0.107. The van der Waals surface area contributed by atoms with Crippen molar-refractivity contribution in [2.24, 2.45) is 4.40 Å². The molecule has 42 heavy (non-hydrogen) atoms. The van der Waals surface area contributed by atoms with Gasteiger partial charge in [-0.25, -0.2) is 9.19 Å². The Morgan fingerprint density at radius 1 is 1.14 bits per heavy atom. The molecule has 2 fully saturated rings. The van der Waals surface area contributed by atoms with Crippen LogP contribution < -0.4 is 5.45 Å². The van der Waals surface area contributed by atoms with Gasteiger partial charge in [0.25, 0.3) is 9.04 Å². The average molecular weight is 605 g/mol. The second kappa shape index (κ2) is 13.7. The van der Waals surface area contributed by atoms with Gasteiger partial charge < -0.3 is 18.8 Å². The van der Waals surface area contributed by atoms with E-state index >= 15 is 0 Å². The SMILES string of the molecule is C[Si](OC1CCCCO1)c1nccn1[C@@H](/C=C/c1ccc(-c2ccc(C3CC(=NS(=O)C(C)(C)C)C3)cc2)cc1)CO. The fraction of sp³-hybridized carbons (Fsp3) is 0.455. The molecule has 1 radical (unpaired) electrons. The number of hydrogen-bond donors (Lipinski definition) is 1. The van der Waals surface area contributed by atoms with E-state index in [1.165, 1.54) is 11.1 Å². The van der Waals surface area contributed by atoms with Crippen LogP contribution in [0.1, 0.15) is 76.0 Å². The van der Waals surface area contributed by atoms with Crippen LogP contribution in [-0.4, -0.2) is 57.9 Å². The van der Waals surface area contributed by atoms with Gasteiger partial charge in [0.05, 0.1) is 17.4 Å². The number of aliphatic hydroxyl groups is 1. The van der Waals surface area contributed by atoms with Crippen molar-refractivity contribution in [1.82, 2.24) is 9.55 Å². The van der Waals surface area contributed by atoms with Crippen molar-refractivity contribution in [3.8, 4) is 11.1 Å². The molecule has 0 spiro atoms. The molecule has 2 heterocycles. The lowest BCUT2D eigenvalue weighted by atomic mass is 9.78. The van der Waals surface area contributed by atoms with E-state index in [0.717, 1.165) is 61.0 Å². The highest BCUT2D eigenvalue weighted by Crippen LogP contribution is 2.36. The molecule has 3 atom stereocenters. The van der Waals surface area contributed by atoms with Crippen LogP contribution in [0.15, 0.2) is 71.4 Å². The average Bonchev–Trinajstić information content (AvgIpc) is 3.46. The number of aliphatic hydroxyl groups excluding tert-OH is 1. The molecule has 1 aliphatic heterocycles. The number of rotatable bonds is 10. The van der Waals surface area contributed by atoms with Crippen LogP contribution in [0.3, 0.4) is 0 Å². The summed E-state index contributed by atoms with van der Waals surface area (Å²) < 4.78 is 30.4. The highest BCUT2D eigenvalue weighted by atomic mass is 32.2. The summed E-state index contributed by atoms with van der Waals surface area (Å²) in [5.74, 6) is 0.454. The molecular formula is C33H42N3O4SSi. The van der Waals surface area contributed by atoms with Gasteiger partial charge in [0.2, 0.25) is 0 Å². The summed E-state index contributed by atoms with van der Waals surface area (Å²) in [6.45, 7) is 8.68. The Bertz CT molecular complexity index is 1400. The molecule has 5 rings (SSSR count). The second-order valence-corrected chi connectivity index (χ2v) is 15.8. The van der Waals surface area contributed by atoms with Crippen molar-refractivity contribution in [1.29, 1.82) is 0 Å². The van der Waals surface area contributed by atoms with Gasteiger partial charge in [0.1, 0.15) is 22.7 Å². The van der Waals surface area contributed by atoms with Gasteiger partial charge in [-0.1, -0.05) is 60.7 Å². The molecule has 9 heteroatoms. The van der Waals surface area contributed by atoms with Crippen LogP contribution in [0.25, 0.3) is 17.2 Å². The van der Waals surface area contributed by atoms with Crippen LogP contribution in [0.4, 0.5) is 0 Å². The summed E-state index contributed by atoms with van der Waals surface area (Å²) >= 11 is 0. The van der Waals surface area contributed by atoms with Crippen molar-refractivity contribution < 1.29 is 18.5 Å². The first-order valence-electron chi connectivity index (χ1n) is 14.8. The third-order valence-electron chi connectivity index (χ3n) is 7.81. The molecule has 1 saturated heterocycles. The van der Waals surface area contributed by atoms with E-state index in [1.807, 2.05) is 43.7 Å². The second-order valence-electron chi connectivity index (χ2n) is 12.1. The summed E-state index contributed by atoms with van der Waals surface area (Å²) in [6.07, 6.45) is 12.5. The number of imidazole rings is 1. The molecule has 2 aliphatic rings. The fourth-order valence-electron chi connectivity index (χ4n) is 5.18. The summed E-state index contributed by atoms with van der Waals surface area (Å²) in [4.78, 5) is 4.56. The van der Waals surface area contributed by atoms with Gasteiger partial charge in [-0.2, -0.15) is 4.40 Å². The van der Waals surface area contributed by atoms with Crippen molar-refractivity contribution in [3.05, 3.63) is 78.1 Å². The van der Waals surface area contributed by atoms with E-state index in [9.17, 15) is 9.32 Å². The van der Waals surface area contributed by atoms with Crippen molar-refractivity contribution in [2.45, 2.75) is 82.4 Å². The number of nitrogens with zero attached hydrogens (tertiary/aromatic N) is 3. The van der Waals surface area contributed by atoms with Crippen molar-refractivity contribution >= 4 is 37.3 Å². The third-order valence-corrected chi connectivity index (χ3v) is 10.9. The number of ether oxygens (including phenoxy) is 1.